The van der Waals surface area contributed by atoms with Gasteiger partial charge in [-0.15, -0.1) is 0 Å². The van der Waals surface area contributed by atoms with Gasteiger partial charge < -0.3 is 10.5 Å². The molecule has 0 fully saturated rings. The van der Waals surface area contributed by atoms with E-state index in [1.807, 2.05) is 26.2 Å². The molecule has 0 aliphatic heterocycles. The molecule has 0 amide bonds. The van der Waals surface area contributed by atoms with Crippen LogP contribution in [0.15, 0.2) is 24.3 Å². The number of hydrogen-bond acceptors (Lipinski definition) is 3. The Kier molecular flexibility index (Phi) is 5.17. The Morgan fingerprint density at radius 1 is 1.33 bits per heavy atom. The van der Waals surface area contributed by atoms with Crippen molar-refractivity contribution in [1.29, 1.82) is 0 Å². The summed E-state index contributed by atoms with van der Waals surface area (Å²) in [6.07, 6.45) is 0. The lowest BCUT2D eigenvalue weighted by Gasteiger charge is -2.34. The smallest absolute Gasteiger partial charge is 0.119 e. The van der Waals surface area contributed by atoms with Crippen molar-refractivity contribution < 1.29 is 4.74 Å². The lowest BCUT2D eigenvalue weighted by molar-refractivity contribution is 0.104. The highest BCUT2D eigenvalue weighted by molar-refractivity contribution is 5.30. The molecule has 0 bridgehead atoms. The first-order valence-corrected chi connectivity index (χ1v) is 6.49. The van der Waals surface area contributed by atoms with E-state index in [9.17, 15) is 0 Å². The molecule has 18 heavy (non-hydrogen) atoms. The minimum atomic E-state index is -0.131. The number of benzene rings is 1. The molecule has 0 saturated carbocycles. The zero-order chi connectivity index (χ0) is 13.8. The van der Waals surface area contributed by atoms with E-state index in [0.29, 0.717) is 19.1 Å². The van der Waals surface area contributed by atoms with E-state index in [1.165, 1.54) is 5.56 Å². The Morgan fingerprint density at radius 2 is 2.00 bits per heavy atom. The molecular weight excluding hydrogens is 224 g/mol. The van der Waals surface area contributed by atoms with Crippen LogP contribution in [0, 0.1) is 0 Å². The molecule has 1 aromatic rings. The van der Waals surface area contributed by atoms with Crippen LogP contribution in [0.5, 0.6) is 5.75 Å². The monoisotopic (exact) mass is 250 g/mol. The Balaban J connectivity index is 2.71. The normalized spacial score (nSPS) is 14.9. The average molecular weight is 250 g/mol. The number of nitrogens with two attached hydrogens (primary N) is 1. The minimum Gasteiger partial charge on any atom is -0.492 e. The molecule has 1 atom stereocenters. The molecule has 0 spiro atoms. The van der Waals surface area contributed by atoms with Crippen LogP contribution in [0.2, 0.25) is 0 Å². The van der Waals surface area contributed by atoms with E-state index < -0.39 is 0 Å². The summed E-state index contributed by atoms with van der Waals surface area (Å²) >= 11 is 0. The van der Waals surface area contributed by atoms with E-state index in [-0.39, 0.29) is 5.54 Å². The van der Waals surface area contributed by atoms with Gasteiger partial charge in [0.1, 0.15) is 12.4 Å². The standard InChI is InChI=1S/C15H26N2O/c1-12(2)13-7-6-8-14(9-13)18-11-15(3,10-16)17(4)5/h6-9,12H,10-11,16H2,1-5H3. The first kappa shape index (κ1) is 15.0. The highest BCUT2D eigenvalue weighted by atomic mass is 16.5. The van der Waals surface area contributed by atoms with Crippen LogP contribution in [0.1, 0.15) is 32.3 Å². The van der Waals surface area contributed by atoms with E-state index in [2.05, 4.69) is 37.8 Å². The number of hydrogen-bond donors (Lipinski definition) is 1. The lowest BCUT2D eigenvalue weighted by atomic mass is 10.0. The Bertz CT molecular complexity index is 377. The molecule has 0 aliphatic rings. The van der Waals surface area contributed by atoms with Gasteiger partial charge in [-0.2, -0.15) is 0 Å². The first-order valence-electron chi connectivity index (χ1n) is 6.49. The summed E-state index contributed by atoms with van der Waals surface area (Å²) in [7, 11) is 4.06. The number of ether oxygens (including phenoxy) is 1. The van der Waals surface area contributed by atoms with Crippen LogP contribution in [0.3, 0.4) is 0 Å². The molecule has 102 valence electrons. The fourth-order valence-electron chi connectivity index (χ4n) is 1.57. The summed E-state index contributed by atoms with van der Waals surface area (Å²) < 4.78 is 5.89. The molecular formula is C15H26N2O. The van der Waals surface area contributed by atoms with Crippen LogP contribution in [0.4, 0.5) is 0 Å². The van der Waals surface area contributed by atoms with E-state index >= 15 is 0 Å². The third-order valence-corrected chi connectivity index (χ3v) is 3.59. The van der Waals surface area contributed by atoms with Crippen LogP contribution in [-0.4, -0.2) is 37.7 Å². The van der Waals surface area contributed by atoms with Gasteiger partial charge in [-0.3, -0.25) is 4.90 Å². The maximum Gasteiger partial charge on any atom is 0.119 e. The van der Waals surface area contributed by atoms with Crippen molar-refractivity contribution in [3.8, 4) is 5.75 Å². The fourth-order valence-corrected chi connectivity index (χ4v) is 1.57. The summed E-state index contributed by atoms with van der Waals surface area (Å²) in [6, 6.07) is 8.28. The maximum atomic E-state index is 5.89. The summed E-state index contributed by atoms with van der Waals surface area (Å²) in [5.41, 5.74) is 7.00. The summed E-state index contributed by atoms with van der Waals surface area (Å²) in [5.74, 6) is 1.44. The maximum absolute atomic E-state index is 5.89. The van der Waals surface area contributed by atoms with Crippen molar-refractivity contribution in [2.75, 3.05) is 27.2 Å². The van der Waals surface area contributed by atoms with Gasteiger partial charge >= 0.3 is 0 Å². The van der Waals surface area contributed by atoms with Crippen LogP contribution in [-0.2, 0) is 0 Å². The first-order chi connectivity index (χ1) is 8.39. The molecule has 3 heteroatoms. The van der Waals surface area contributed by atoms with Crippen LogP contribution < -0.4 is 10.5 Å². The quantitative estimate of drug-likeness (QED) is 0.843. The third-order valence-electron chi connectivity index (χ3n) is 3.59. The second kappa shape index (κ2) is 6.21. The van der Waals surface area contributed by atoms with Gasteiger partial charge in [-0.25, -0.2) is 0 Å². The topological polar surface area (TPSA) is 38.5 Å². The van der Waals surface area contributed by atoms with Crippen LogP contribution in [0.25, 0.3) is 0 Å². The van der Waals surface area contributed by atoms with E-state index in [0.717, 1.165) is 5.75 Å². The highest BCUT2D eigenvalue weighted by Gasteiger charge is 2.26. The van der Waals surface area contributed by atoms with Gasteiger partial charge in [0, 0.05) is 6.54 Å². The molecule has 1 aromatic carbocycles. The summed E-state index contributed by atoms with van der Waals surface area (Å²) in [6.45, 7) is 7.65. The lowest BCUT2D eigenvalue weighted by Crippen LogP contribution is -2.52. The van der Waals surface area contributed by atoms with Crippen molar-refractivity contribution in [3.63, 3.8) is 0 Å². The predicted molar refractivity (Wildman–Crippen MR) is 77.2 cm³/mol. The average Bonchev–Trinajstić information content (AvgIpc) is 2.36. The van der Waals surface area contributed by atoms with Gasteiger partial charge in [-0.05, 0) is 44.6 Å². The van der Waals surface area contributed by atoms with Gasteiger partial charge in [0.15, 0.2) is 0 Å². The van der Waals surface area contributed by atoms with E-state index in [4.69, 9.17) is 10.5 Å². The summed E-state index contributed by atoms with van der Waals surface area (Å²) in [4.78, 5) is 2.11. The predicted octanol–water partition coefficient (Wildman–Crippen LogP) is 2.47. The highest BCUT2D eigenvalue weighted by Crippen LogP contribution is 2.21. The molecule has 0 radical (unpaired) electrons. The van der Waals surface area contributed by atoms with Gasteiger partial charge in [0.05, 0.1) is 5.54 Å². The zero-order valence-corrected chi connectivity index (χ0v) is 12.2. The van der Waals surface area contributed by atoms with Gasteiger partial charge in [0.2, 0.25) is 0 Å². The molecule has 0 aromatic heterocycles. The molecule has 0 saturated heterocycles. The summed E-state index contributed by atoms with van der Waals surface area (Å²) in [5, 5.41) is 0. The van der Waals surface area contributed by atoms with Crippen molar-refractivity contribution in [1.82, 2.24) is 4.90 Å². The largest absolute Gasteiger partial charge is 0.492 e. The number of rotatable bonds is 6. The van der Waals surface area contributed by atoms with Crippen molar-refractivity contribution in [2.24, 2.45) is 5.73 Å². The van der Waals surface area contributed by atoms with Crippen molar-refractivity contribution in [2.45, 2.75) is 32.2 Å². The Morgan fingerprint density at radius 3 is 2.50 bits per heavy atom. The van der Waals surface area contributed by atoms with Crippen molar-refractivity contribution >= 4 is 0 Å². The fraction of sp³-hybridized carbons (Fsp3) is 0.600. The molecule has 0 aliphatic carbocycles. The molecule has 3 nitrogen and oxygen atoms in total. The molecule has 2 N–H and O–H groups in total. The minimum absolute atomic E-state index is 0.131. The Labute approximate surface area is 111 Å². The van der Waals surface area contributed by atoms with Gasteiger partial charge in [-0.1, -0.05) is 26.0 Å². The van der Waals surface area contributed by atoms with Crippen LogP contribution >= 0.6 is 0 Å². The molecule has 0 heterocycles. The SMILES string of the molecule is CC(C)c1cccc(OCC(C)(CN)N(C)C)c1. The third kappa shape index (κ3) is 3.72. The second-order valence-electron chi connectivity index (χ2n) is 5.61. The molecule has 1 rings (SSSR count). The Hall–Kier alpha value is -1.06. The van der Waals surface area contributed by atoms with Gasteiger partial charge in [0.25, 0.3) is 0 Å². The molecule has 1 unspecified atom stereocenters. The number of likely N-dealkylation sites (N-methyl/N-ethyl adjacent to an activating group) is 1. The number of nitrogens with zero attached hydrogens (tertiary/aromatic N) is 1. The van der Waals surface area contributed by atoms with Crippen molar-refractivity contribution in [3.05, 3.63) is 29.8 Å². The van der Waals surface area contributed by atoms with E-state index in [1.54, 1.807) is 0 Å². The second-order valence-corrected chi connectivity index (χ2v) is 5.61. The zero-order valence-electron chi connectivity index (χ0n) is 12.2.